The van der Waals surface area contributed by atoms with Crippen molar-refractivity contribution >= 4 is 5.97 Å². The van der Waals surface area contributed by atoms with Crippen molar-refractivity contribution in [2.45, 2.75) is 78.1 Å². The van der Waals surface area contributed by atoms with E-state index in [1.807, 2.05) is 6.92 Å². The molecule has 0 heterocycles. The van der Waals surface area contributed by atoms with Crippen molar-refractivity contribution in [1.82, 2.24) is 0 Å². The summed E-state index contributed by atoms with van der Waals surface area (Å²) in [5, 5.41) is 8.61. The monoisotopic (exact) mass is 228 g/mol. The lowest BCUT2D eigenvalue weighted by Gasteiger charge is -2.07. The molecule has 0 aromatic rings. The van der Waals surface area contributed by atoms with E-state index in [1.54, 1.807) is 0 Å². The average Bonchev–Trinajstić information content (AvgIpc) is 2.21. The van der Waals surface area contributed by atoms with Gasteiger partial charge in [-0.15, -0.1) is 0 Å². The van der Waals surface area contributed by atoms with Crippen LogP contribution in [0.1, 0.15) is 78.1 Å². The molecule has 16 heavy (non-hydrogen) atoms. The standard InChI is InChI=1S/C14H28O2/c1-3-4-5-6-7-8-9-10-11-13(2)12-14(15)16/h13H,3-12H2,1-2H3,(H,15,16). The molecule has 0 aliphatic heterocycles. The normalized spacial score (nSPS) is 12.6. The summed E-state index contributed by atoms with van der Waals surface area (Å²) in [6.45, 7) is 4.28. The van der Waals surface area contributed by atoms with Crippen molar-refractivity contribution in [1.29, 1.82) is 0 Å². The number of aliphatic carboxylic acids is 1. The molecule has 0 saturated carbocycles. The molecule has 2 nitrogen and oxygen atoms in total. The van der Waals surface area contributed by atoms with Gasteiger partial charge in [0.1, 0.15) is 0 Å². The van der Waals surface area contributed by atoms with Crippen LogP contribution in [0.4, 0.5) is 0 Å². The summed E-state index contributed by atoms with van der Waals surface area (Å²) in [5.41, 5.74) is 0. The maximum atomic E-state index is 10.4. The van der Waals surface area contributed by atoms with Crippen LogP contribution in [0.3, 0.4) is 0 Å². The first-order valence-corrected chi connectivity index (χ1v) is 6.88. The summed E-state index contributed by atoms with van der Waals surface area (Å²) in [4.78, 5) is 10.4. The third-order valence-electron chi connectivity index (χ3n) is 3.07. The molecule has 96 valence electrons. The third-order valence-corrected chi connectivity index (χ3v) is 3.07. The van der Waals surface area contributed by atoms with Crippen LogP contribution >= 0.6 is 0 Å². The summed E-state index contributed by atoms with van der Waals surface area (Å²) in [5.74, 6) is -0.315. The summed E-state index contributed by atoms with van der Waals surface area (Å²) in [7, 11) is 0. The number of carboxylic acids is 1. The molecule has 0 aliphatic carbocycles. The van der Waals surface area contributed by atoms with Crippen molar-refractivity contribution in [3.05, 3.63) is 0 Å². The first-order valence-electron chi connectivity index (χ1n) is 6.88. The number of hydrogen-bond donors (Lipinski definition) is 1. The number of rotatable bonds is 11. The van der Waals surface area contributed by atoms with E-state index in [-0.39, 0.29) is 0 Å². The lowest BCUT2D eigenvalue weighted by Crippen LogP contribution is -2.03. The zero-order valence-electron chi connectivity index (χ0n) is 11.0. The van der Waals surface area contributed by atoms with Crippen LogP contribution in [0.2, 0.25) is 0 Å². The van der Waals surface area contributed by atoms with Gasteiger partial charge in [0.2, 0.25) is 0 Å². The van der Waals surface area contributed by atoms with Gasteiger partial charge in [0.25, 0.3) is 0 Å². The fourth-order valence-corrected chi connectivity index (χ4v) is 2.03. The van der Waals surface area contributed by atoms with Gasteiger partial charge in [-0.3, -0.25) is 4.79 Å². The highest BCUT2D eigenvalue weighted by atomic mass is 16.4. The van der Waals surface area contributed by atoms with Crippen LogP contribution in [0.25, 0.3) is 0 Å². The van der Waals surface area contributed by atoms with Gasteiger partial charge in [0.15, 0.2) is 0 Å². The van der Waals surface area contributed by atoms with Crippen LogP contribution in [-0.2, 0) is 4.79 Å². The summed E-state index contributed by atoms with van der Waals surface area (Å²) >= 11 is 0. The number of hydrogen-bond acceptors (Lipinski definition) is 1. The Kier molecular flexibility index (Phi) is 10.6. The summed E-state index contributed by atoms with van der Waals surface area (Å²) in [6, 6.07) is 0. The Morgan fingerprint density at radius 3 is 2.00 bits per heavy atom. The Labute approximate surface area is 100 Å². The summed E-state index contributed by atoms with van der Waals surface area (Å²) < 4.78 is 0. The molecule has 1 N–H and O–H groups in total. The topological polar surface area (TPSA) is 37.3 Å². The van der Waals surface area contributed by atoms with Gasteiger partial charge in [-0.25, -0.2) is 0 Å². The molecule has 0 spiro atoms. The zero-order chi connectivity index (χ0) is 12.2. The molecule has 0 bridgehead atoms. The van der Waals surface area contributed by atoms with Gasteiger partial charge in [0.05, 0.1) is 0 Å². The Bertz CT molecular complexity index is 166. The van der Waals surface area contributed by atoms with Crippen LogP contribution in [-0.4, -0.2) is 11.1 Å². The van der Waals surface area contributed by atoms with Gasteiger partial charge in [-0.2, -0.15) is 0 Å². The lowest BCUT2D eigenvalue weighted by atomic mass is 9.99. The van der Waals surface area contributed by atoms with Crippen LogP contribution in [0.15, 0.2) is 0 Å². The quantitative estimate of drug-likeness (QED) is 0.523. The highest BCUT2D eigenvalue weighted by molar-refractivity contribution is 5.66. The third kappa shape index (κ3) is 11.5. The van der Waals surface area contributed by atoms with E-state index in [4.69, 9.17) is 5.11 Å². The molecular weight excluding hydrogens is 200 g/mol. The maximum Gasteiger partial charge on any atom is 0.303 e. The fourth-order valence-electron chi connectivity index (χ4n) is 2.03. The second kappa shape index (κ2) is 11.0. The molecule has 0 amide bonds. The molecule has 0 rings (SSSR count). The molecule has 0 aliphatic rings. The maximum absolute atomic E-state index is 10.4. The fraction of sp³-hybridized carbons (Fsp3) is 0.929. The van der Waals surface area contributed by atoms with E-state index in [9.17, 15) is 4.79 Å². The minimum absolute atomic E-state index is 0.330. The van der Waals surface area contributed by atoms with E-state index in [1.165, 1.54) is 51.4 Å². The summed E-state index contributed by atoms with van der Waals surface area (Å²) in [6.07, 6.45) is 12.0. The minimum Gasteiger partial charge on any atom is -0.481 e. The first kappa shape index (κ1) is 15.5. The molecule has 1 atom stereocenters. The van der Waals surface area contributed by atoms with Crippen molar-refractivity contribution in [2.24, 2.45) is 5.92 Å². The predicted octanol–water partition coefficient (Wildman–Crippen LogP) is 4.63. The van der Waals surface area contributed by atoms with Crippen LogP contribution in [0.5, 0.6) is 0 Å². The Hall–Kier alpha value is -0.530. The average molecular weight is 228 g/mol. The van der Waals surface area contributed by atoms with Crippen molar-refractivity contribution in [3.63, 3.8) is 0 Å². The molecule has 2 heteroatoms. The molecule has 0 radical (unpaired) electrons. The van der Waals surface area contributed by atoms with Crippen LogP contribution < -0.4 is 0 Å². The zero-order valence-corrected chi connectivity index (χ0v) is 11.0. The number of carbonyl (C=O) groups is 1. The highest BCUT2D eigenvalue weighted by Crippen LogP contribution is 2.15. The molecule has 0 aromatic carbocycles. The van der Waals surface area contributed by atoms with Gasteiger partial charge in [0, 0.05) is 6.42 Å². The van der Waals surface area contributed by atoms with Gasteiger partial charge < -0.3 is 5.11 Å². The second-order valence-electron chi connectivity index (χ2n) is 4.97. The van der Waals surface area contributed by atoms with Crippen molar-refractivity contribution in [2.75, 3.05) is 0 Å². The Morgan fingerprint density at radius 1 is 1.00 bits per heavy atom. The van der Waals surface area contributed by atoms with E-state index in [0.29, 0.717) is 12.3 Å². The lowest BCUT2D eigenvalue weighted by molar-refractivity contribution is -0.138. The minimum atomic E-state index is -0.660. The number of unbranched alkanes of at least 4 members (excludes halogenated alkanes) is 7. The van der Waals surface area contributed by atoms with Gasteiger partial charge in [-0.1, -0.05) is 71.6 Å². The van der Waals surface area contributed by atoms with E-state index in [0.717, 1.165) is 6.42 Å². The largest absolute Gasteiger partial charge is 0.481 e. The smallest absolute Gasteiger partial charge is 0.303 e. The second-order valence-corrected chi connectivity index (χ2v) is 4.97. The molecular formula is C14H28O2. The van der Waals surface area contributed by atoms with Crippen molar-refractivity contribution in [3.8, 4) is 0 Å². The molecule has 0 saturated heterocycles. The van der Waals surface area contributed by atoms with E-state index in [2.05, 4.69) is 6.92 Å². The Morgan fingerprint density at radius 2 is 1.50 bits per heavy atom. The first-order chi connectivity index (χ1) is 7.66. The van der Waals surface area contributed by atoms with Crippen LogP contribution in [0, 0.1) is 5.92 Å². The van der Waals surface area contributed by atoms with Gasteiger partial charge >= 0.3 is 5.97 Å². The molecule has 1 unspecified atom stereocenters. The number of carboxylic acid groups (broad SMARTS) is 1. The molecule has 0 fully saturated rings. The van der Waals surface area contributed by atoms with E-state index >= 15 is 0 Å². The van der Waals surface area contributed by atoms with Gasteiger partial charge in [-0.05, 0) is 5.92 Å². The molecule has 0 aromatic heterocycles. The van der Waals surface area contributed by atoms with E-state index < -0.39 is 5.97 Å². The Balaban J connectivity index is 3.11. The van der Waals surface area contributed by atoms with Crippen molar-refractivity contribution < 1.29 is 9.90 Å². The highest BCUT2D eigenvalue weighted by Gasteiger charge is 2.06. The SMILES string of the molecule is CCCCCCCCCCC(C)CC(=O)O. The predicted molar refractivity (Wildman–Crippen MR) is 68.6 cm³/mol.